The molecule has 6 heteroatoms. The van der Waals surface area contributed by atoms with Crippen LogP contribution in [0.3, 0.4) is 0 Å². The number of benzene rings is 2. The van der Waals surface area contributed by atoms with Gasteiger partial charge >= 0.3 is 6.03 Å². The Balaban J connectivity index is 1.85. The van der Waals surface area contributed by atoms with Crippen LogP contribution in [0.25, 0.3) is 0 Å². The van der Waals surface area contributed by atoms with Gasteiger partial charge < -0.3 is 9.47 Å². The molecular weight excluding hydrogens is 344 g/mol. The second-order valence-electron chi connectivity index (χ2n) is 6.03. The Kier molecular flexibility index (Phi) is 5.32. The topological polar surface area (TPSA) is 59.1 Å². The molecule has 0 unspecified atom stereocenters. The van der Waals surface area contributed by atoms with Crippen molar-refractivity contribution < 1.29 is 19.1 Å². The average Bonchev–Trinajstić information content (AvgIpc) is 2.71. The summed E-state index contributed by atoms with van der Waals surface area (Å²) in [6.45, 7) is 0.465. The Morgan fingerprint density at radius 1 is 1.07 bits per heavy atom. The Morgan fingerprint density at radius 3 is 2.44 bits per heavy atom. The Hall–Kier alpha value is -3.46. The number of terminal acetylenes is 1. The minimum atomic E-state index is -0.363. The average molecular weight is 364 g/mol. The largest absolute Gasteiger partial charge is 0.497 e. The molecule has 1 fully saturated rings. The second kappa shape index (κ2) is 7.83. The molecule has 0 bridgehead atoms. The number of carbonyl (C=O) groups is 2. The van der Waals surface area contributed by atoms with Gasteiger partial charge in [-0.3, -0.25) is 14.6 Å². The summed E-state index contributed by atoms with van der Waals surface area (Å²) in [4.78, 5) is 28.2. The molecule has 0 aliphatic carbocycles. The van der Waals surface area contributed by atoms with Crippen LogP contribution in [0.4, 0.5) is 10.5 Å². The lowest BCUT2D eigenvalue weighted by Crippen LogP contribution is -2.52. The minimum absolute atomic E-state index is 0.129. The van der Waals surface area contributed by atoms with Gasteiger partial charge in [-0.1, -0.05) is 5.92 Å². The maximum atomic E-state index is 12.9. The first-order valence-electron chi connectivity index (χ1n) is 8.47. The van der Waals surface area contributed by atoms with Crippen molar-refractivity contribution in [2.24, 2.45) is 0 Å². The number of ether oxygens (including phenoxy) is 2. The maximum Gasteiger partial charge on any atom is 0.331 e. The van der Waals surface area contributed by atoms with Gasteiger partial charge in [-0.05, 0) is 36.4 Å². The van der Waals surface area contributed by atoms with E-state index in [2.05, 4.69) is 5.92 Å². The van der Waals surface area contributed by atoms with Crippen molar-refractivity contribution in [3.8, 4) is 23.8 Å². The number of methoxy groups -OCH3 is 2. The van der Waals surface area contributed by atoms with Gasteiger partial charge in [0.25, 0.3) is 0 Å². The maximum absolute atomic E-state index is 12.9. The molecular formula is C21H20N2O4. The summed E-state index contributed by atoms with van der Waals surface area (Å²) < 4.78 is 10.6. The van der Waals surface area contributed by atoms with Crippen molar-refractivity contribution in [2.45, 2.75) is 13.0 Å². The second-order valence-corrected chi connectivity index (χ2v) is 6.03. The number of imide groups is 1. The van der Waals surface area contributed by atoms with Gasteiger partial charge in [0, 0.05) is 35.8 Å². The van der Waals surface area contributed by atoms with Gasteiger partial charge in [-0.2, -0.15) is 0 Å². The zero-order chi connectivity index (χ0) is 19.4. The van der Waals surface area contributed by atoms with Crippen LogP contribution in [0.5, 0.6) is 11.5 Å². The van der Waals surface area contributed by atoms with Gasteiger partial charge in [0.15, 0.2) is 0 Å². The molecule has 6 nitrogen and oxygen atoms in total. The van der Waals surface area contributed by atoms with E-state index in [4.69, 9.17) is 15.9 Å². The lowest BCUT2D eigenvalue weighted by molar-refractivity contribution is -0.129. The van der Waals surface area contributed by atoms with E-state index in [1.807, 2.05) is 0 Å². The molecule has 0 saturated carbocycles. The van der Waals surface area contributed by atoms with Crippen LogP contribution in [0.15, 0.2) is 42.5 Å². The van der Waals surface area contributed by atoms with Crippen LogP contribution in [0.2, 0.25) is 0 Å². The van der Waals surface area contributed by atoms with E-state index < -0.39 is 0 Å². The summed E-state index contributed by atoms with van der Waals surface area (Å²) in [7, 11) is 3.10. The molecule has 1 aliphatic rings. The quantitative estimate of drug-likeness (QED) is 0.765. The molecule has 1 heterocycles. The molecule has 2 aromatic carbocycles. The molecule has 0 spiro atoms. The molecule has 1 saturated heterocycles. The zero-order valence-corrected chi connectivity index (χ0v) is 15.3. The van der Waals surface area contributed by atoms with Crippen molar-refractivity contribution in [1.29, 1.82) is 0 Å². The Morgan fingerprint density at radius 2 is 1.81 bits per heavy atom. The number of hydrogen-bond donors (Lipinski definition) is 0. The third-order valence-electron chi connectivity index (χ3n) is 4.48. The Labute approximate surface area is 158 Å². The lowest BCUT2D eigenvalue weighted by Gasteiger charge is -2.34. The highest BCUT2D eigenvalue weighted by atomic mass is 16.5. The SMILES string of the molecule is C#Cc1ccc(N2CCC(=O)N(Cc3ccc(OC)cc3OC)C2=O)cc1. The predicted molar refractivity (Wildman–Crippen MR) is 102 cm³/mol. The highest BCUT2D eigenvalue weighted by molar-refractivity contribution is 6.05. The van der Waals surface area contributed by atoms with Gasteiger partial charge in [-0.25, -0.2) is 4.79 Å². The number of urea groups is 1. The van der Waals surface area contributed by atoms with E-state index >= 15 is 0 Å². The van der Waals surface area contributed by atoms with E-state index in [-0.39, 0.29) is 24.9 Å². The van der Waals surface area contributed by atoms with E-state index in [0.29, 0.717) is 23.7 Å². The number of nitrogens with zero attached hydrogens (tertiary/aromatic N) is 2. The molecule has 0 N–H and O–H groups in total. The summed E-state index contributed by atoms with van der Waals surface area (Å²) in [5.41, 5.74) is 2.17. The molecule has 27 heavy (non-hydrogen) atoms. The molecule has 0 aromatic heterocycles. The van der Waals surface area contributed by atoms with Crippen molar-refractivity contribution in [1.82, 2.24) is 4.90 Å². The summed E-state index contributed by atoms with van der Waals surface area (Å²) in [6.07, 6.45) is 5.63. The van der Waals surface area contributed by atoms with Gasteiger partial charge in [-0.15, -0.1) is 6.42 Å². The number of rotatable bonds is 5. The lowest BCUT2D eigenvalue weighted by atomic mass is 10.1. The fourth-order valence-corrected chi connectivity index (χ4v) is 2.98. The smallest absolute Gasteiger partial charge is 0.331 e. The summed E-state index contributed by atoms with van der Waals surface area (Å²) in [5.74, 6) is 3.53. The van der Waals surface area contributed by atoms with Gasteiger partial charge in [0.2, 0.25) is 5.91 Å². The Bertz CT molecular complexity index is 899. The van der Waals surface area contributed by atoms with Crippen molar-refractivity contribution in [3.05, 3.63) is 53.6 Å². The highest BCUT2D eigenvalue weighted by Gasteiger charge is 2.33. The molecule has 0 atom stereocenters. The number of hydrogen-bond acceptors (Lipinski definition) is 4. The number of amides is 3. The van der Waals surface area contributed by atoms with Crippen LogP contribution >= 0.6 is 0 Å². The number of carbonyl (C=O) groups excluding carboxylic acids is 2. The minimum Gasteiger partial charge on any atom is -0.497 e. The first kappa shape index (κ1) is 18.3. The molecule has 138 valence electrons. The van der Waals surface area contributed by atoms with Crippen molar-refractivity contribution >= 4 is 17.6 Å². The molecule has 3 rings (SSSR count). The molecule has 1 aliphatic heterocycles. The van der Waals surface area contributed by atoms with Gasteiger partial charge in [0.05, 0.1) is 20.8 Å². The summed E-state index contributed by atoms with van der Waals surface area (Å²) in [6, 6.07) is 12.0. The van der Waals surface area contributed by atoms with Crippen LogP contribution < -0.4 is 14.4 Å². The van der Waals surface area contributed by atoms with Crippen LogP contribution in [-0.2, 0) is 11.3 Å². The standard InChI is InChI=1S/C21H20N2O4/c1-4-15-5-8-17(9-6-15)22-12-11-20(24)23(21(22)25)14-16-7-10-18(26-2)13-19(16)27-3/h1,5-10,13H,11-12,14H2,2-3H3. The fourth-order valence-electron chi connectivity index (χ4n) is 2.98. The summed E-state index contributed by atoms with van der Waals surface area (Å²) >= 11 is 0. The van der Waals surface area contributed by atoms with Gasteiger partial charge in [0.1, 0.15) is 11.5 Å². The summed E-state index contributed by atoms with van der Waals surface area (Å²) in [5, 5.41) is 0. The van der Waals surface area contributed by atoms with Crippen molar-refractivity contribution in [3.63, 3.8) is 0 Å². The molecule has 0 radical (unpaired) electrons. The third-order valence-corrected chi connectivity index (χ3v) is 4.48. The zero-order valence-electron chi connectivity index (χ0n) is 15.3. The molecule has 3 amide bonds. The first-order chi connectivity index (χ1) is 13.1. The predicted octanol–water partition coefficient (Wildman–Crippen LogP) is 3.04. The highest BCUT2D eigenvalue weighted by Crippen LogP contribution is 2.28. The molecule has 2 aromatic rings. The fraction of sp³-hybridized carbons (Fsp3) is 0.238. The van der Waals surface area contributed by atoms with E-state index in [0.717, 1.165) is 11.1 Å². The normalized spacial score (nSPS) is 14.1. The van der Waals surface area contributed by atoms with Crippen LogP contribution in [0, 0.1) is 12.3 Å². The third kappa shape index (κ3) is 3.72. The van der Waals surface area contributed by atoms with E-state index in [1.54, 1.807) is 54.5 Å². The van der Waals surface area contributed by atoms with Crippen LogP contribution in [-0.4, -0.2) is 37.6 Å². The van der Waals surface area contributed by atoms with E-state index in [9.17, 15) is 9.59 Å². The van der Waals surface area contributed by atoms with Crippen LogP contribution in [0.1, 0.15) is 17.5 Å². The van der Waals surface area contributed by atoms with Crippen molar-refractivity contribution in [2.75, 3.05) is 25.7 Å². The number of anilines is 1. The van der Waals surface area contributed by atoms with E-state index in [1.165, 1.54) is 12.0 Å². The first-order valence-corrected chi connectivity index (χ1v) is 8.47. The monoisotopic (exact) mass is 364 g/mol.